The molecule has 0 bridgehead atoms. The second-order valence-corrected chi connectivity index (χ2v) is 12.6. The van der Waals surface area contributed by atoms with E-state index in [1.807, 2.05) is 0 Å². The topological polar surface area (TPSA) is 133 Å². The summed E-state index contributed by atoms with van der Waals surface area (Å²) in [6.45, 7) is 3.87. The molecule has 2 heterocycles. The Morgan fingerprint density at radius 3 is 2.45 bits per heavy atom. The summed E-state index contributed by atoms with van der Waals surface area (Å²) in [4.78, 5) is 13.3. The molecule has 1 amide bonds. The molecule has 1 aliphatic rings. The van der Waals surface area contributed by atoms with Gasteiger partial charge in [-0.2, -0.15) is 0 Å². The van der Waals surface area contributed by atoms with Gasteiger partial charge < -0.3 is 20.6 Å². The normalized spacial score (nSPS) is 16.0. The maximum Gasteiger partial charge on any atom is 0.404 e. The minimum Gasteiger partial charge on any atom is -0.465 e. The minimum atomic E-state index is -3.82. The molecule has 0 spiro atoms. The zero-order chi connectivity index (χ0) is 22.5. The van der Waals surface area contributed by atoms with Gasteiger partial charge in [0.15, 0.2) is 9.84 Å². The number of carbonyl (C=O) groups is 1. The molecule has 1 fully saturated rings. The molecule has 9 nitrogen and oxygen atoms in total. The van der Waals surface area contributed by atoms with Crippen molar-refractivity contribution >= 4 is 37.1 Å². The molecule has 1 aromatic carbocycles. The number of nitrogens with one attached hydrogen (secondary N) is 2. The standard InChI is InChI=1S/C19H25N3O6S3/c23-19(24)21-14-15-2-7-18(29-15)31(27,28)17-5-3-16(4-6-17)30(25,26)13-12-22-10-1-8-20-9-11-22/h2-7,20-21H,1,8-14H2,(H,23,24). The van der Waals surface area contributed by atoms with E-state index in [1.54, 1.807) is 6.07 Å². The molecule has 31 heavy (non-hydrogen) atoms. The fourth-order valence-electron chi connectivity index (χ4n) is 3.20. The van der Waals surface area contributed by atoms with Crippen molar-refractivity contribution < 1.29 is 26.7 Å². The Bertz CT molecular complexity index is 1100. The molecule has 0 radical (unpaired) electrons. The van der Waals surface area contributed by atoms with Gasteiger partial charge in [0.25, 0.3) is 0 Å². The Morgan fingerprint density at radius 1 is 1.03 bits per heavy atom. The summed E-state index contributed by atoms with van der Waals surface area (Å²) in [5, 5.41) is 14.1. The Hall–Kier alpha value is -1.99. The molecular formula is C19H25N3O6S3. The second kappa shape index (κ2) is 10.1. The van der Waals surface area contributed by atoms with Crippen LogP contribution in [0, 0.1) is 0 Å². The van der Waals surface area contributed by atoms with Crippen LogP contribution in [0.2, 0.25) is 0 Å². The number of carboxylic acid groups (broad SMARTS) is 1. The van der Waals surface area contributed by atoms with Gasteiger partial charge in [0, 0.05) is 24.5 Å². The lowest BCUT2D eigenvalue weighted by molar-refractivity contribution is 0.194. The van der Waals surface area contributed by atoms with Gasteiger partial charge in [-0.1, -0.05) is 0 Å². The van der Waals surface area contributed by atoms with Gasteiger partial charge >= 0.3 is 6.09 Å². The van der Waals surface area contributed by atoms with Gasteiger partial charge in [0.05, 0.1) is 22.1 Å². The number of amides is 1. The Labute approximate surface area is 185 Å². The maximum absolute atomic E-state index is 12.8. The minimum absolute atomic E-state index is 0.00960. The quantitative estimate of drug-likeness (QED) is 0.509. The summed E-state index contributed by atoms with van der Waals surface area (Å²) in [5.41, 5.74) is 0. The molecule has 0 saturated carbocycles. The van der Waals surface area contributed by atoms with Crippen LogP contribution in [0.1, 0.15) is 11.3 Å². The number of thiophene rings is 1. The predicted molar refractivity (Wildman–Crippen MR) is 117 cm³/mol. The smallest absolute Gasteiger partial charge is 0.404 e. The SMILES string of the molecule is O=C(O)NCc1ccc(S(=O)(=O)c2ccc(S(=O)(=O)CCN3CCCNCC3)cc2)s1. The van der Waals surface area contributed by atoms with Crippen LogP contribution in [0.25, 0.3) is 0 Å². The molecule has 3 rings (SSSR count). The van der Waals surface area contributed by atoms with Gasteiger partial charge in [0.2, 0.25) is 9.84 Å². The van der Waals surface area contributed by atoms with E-state index >= 15 is 0 Å². The van der Waals surface area contributed by atoms with Crippen LogP contribution < -0.4 is 10.6 Å². The molecule has 1 aromatic heterocycles. The molecule has 0 atom stereocenters. The van der Waals surface area contributed by atoms with Crippen molar-refractivity contribution in [2.45, 2.75) is 27.0 Å². The number of nitrogens with zero attached hydrogens (tertiary/aromatic N) is 1. The highest BCUT2D eigenvalue weighted by molar-refractivity contribution is 7.93. The third-order valence-corrected chi connectivity index (χ3v) is 9.97. The first-order valence-corrected chi connectivity index (χ1v) is 13.7. The number of rotatable bonds is 8. The fourth-order valence-corrected chi connectivity index (χ4v) is 7.18. The molecule has 2 aromatic rings. The van der Waals surface area contributed by atoms with Crippen molar-refractivity contribution in [1.29, 1.82) is 0 Å². The van der Waals surface area contributed by atoms with E-state index < -0.39 is 25.8 Å². The largest absolute Gasteiger partial charge is 0.465 e. The van der Waals surface area contributed by atoms with Gasteiger partial charge in [-0.3, -0.25) is 0 Å². The summed E-state index contributed by atoms with van der Waals surface area (Å²) < 4.78 is 51.1. The molecule has 0 unspecified atom stereocenters. The molecule has 12 heteroatoms. The lowest BCUT2D eigenvalue weighted by Crippen LogP contribution is -2.32. The molecular weight excluding hydrogens is 462 g/mol. The van der Waals surface area contributed by atoms with E-state index in [9.17, 15) is 21.6 Å². The van der Waals surface area contributed by atoms with E-state index in [0.717, 1.165) is 43.9 Å². The Kier molecular flexibility index (Phi) is 7.70. The maximum atomic E-state index is 12.8. The van der Waals surface area contributed by atoms with Crippen LogP contribution in [0.3, 0.4) is 0 Å². The second-order valence-electron chi connectivity index (χ2n) is 7.12. The van der Waals surface area contributed by atoms with Crippen LogP contribution in [0.5, 0.6) is 0 Å². The van der Waals surface area contributed by atoms with Gasteiger partial charge in [-0.25, -0.2) is 21.6 Å². The van der Waals surface area contributed by atoms with Crippen LogP contribution in [0.4, 0.5) is 4.79 Å². The van der Waals surface area contributed by atoms with E-state index in [2.05, 4.69) is 15.5 Å². The van der Waals surface area contributed by atoms with Crippen molar-refractivity contribution in [2.24, 2.45) is 0 Å². The summed E-state index contributed by atoms with van der Waals surface area (Å²) in [6, 6.07) is 8.21. The van der Waals surface area contributed by atoms with Crippen molar-refractivity contribution in [1.82, 2.24) is 15.5 Å². The summed E-state index contributed by atoms with van der Waals surface area (Å²) >= 11 is 0.969. The number of hydrogen-bond donors (Lipinski definition) is 3. The number of sulfone groups is 2. The van der Waals surface area contributed by atoms with E-state index in [-0.39, 0.29) is 26.3 Å². The third kappa shape index (κ3) is 6.26. The van der Waals surface area contributed by atoms with Crippen molar-refractivity contribution in [2.75, 3.05) is 38.5 Å². The summed E-state index contributed by atoms with van der Waals surface area (Å²) in [6.07, 6.45) is -0.217. The Balaban J connectivity index is 1.68. The lowest BCUT2D eigenvalue weighted by Gasteiger charge is -2.19. The van der Waals surface area contributed by atoms with E-state index in [0.29, 0.717) is 11.4 Å². The van der Waals surface area contributed by atoms with Crippen molar-refractivity contribution in [3.8, 4) is 0 Å². The fraction of sp³-hybridized carbons (Fsp3) is 0.421. The zero-order valence-electron chi connectivity index (χ0n) is 16.8. The first-order valence-electron chi connectivity index (χ1n) is 9.75. The molecule has 1 aliphatic heterocycles. The molecule has 0 aliphatic carbocycles. The van der Waals surface area contributed by atoms with Gasteiger partial charge in [0.1, 0.15) is 4.21 Å². The Morgan fingerprint density at radius 2 is 1.74 bits per heavy atom. The summed E-state index contributed by atoms with van der Waals surface area (Å²) in [5.74, 6) is -0.0239. The predicted octanol–water partition coefficient (Wildman–Crippen LogP) is 1.42. The van der Waals surface area contributed by atoms with Crippen LogP contribution in [-0.2, 0) is 26.2 Å². The van der Waals surface area contributed by atoms with E-state index in [4.69, 9.17) is 5.11 Å². The van der Waals surface area contributed by atoms with Gasteiger partial charge in [-0.05, 0) is 55.9 Å². The van der Waals surface area contributed by atoms with Crippen LogP contribution in [-0.4, -0.2) is 71.4 Å². The average Bonchev–Trinajstić information content (AvgIpc) is 3.07. The van der Waals surface area contributed by atoms with Crippen molar-refractivity contribution in [3.05, 3.63) is 41.3 Å². The average molecular weight is 488 g/mol. The first kappa shape index (κ1) is 23.7. The number of hydrogen-bond acceptors (Lipinski definition) is 8. The highest BCUT2D eigenvalue weighted by atomic mass is 32.2. The van der Waals surface area contributed by atoms with Crippen molar-refractivity contribution in [3.63, 3.8) is 0 Å². The van der Waals surface area contributed by atoms with Gasteiger partial charge in [-0.15, -0.1) is 11.3 Å². The third-order valence-electron chi connectivity index (χ3n) is 4.92. The summed E-state index contributed by atoms with van der Waals surface area (Å²) in [7, 11) is -7.35. The highest BCUT2D eigenvalue weighted by Crippen LogP contribution is 2.28. The van der Waals surface area contributed by atoms with E-state index in [1.165, 1.54) is 30.3 Å². The molecule has 3 N–H and O–H groups in total. The number of benzene rings is 1. The highest BCUT2D eigenvalue weighted by Gasteiger charge is 2.22. The first-order chi connectivity index (χ1) is 14.7. The molecule has 170 valence electrons. The van der Waals surface area contributed by atoms with Crippen LogP contribution >= 0.6 is 11.3 Å². The monoisotopic (exact) mass is 487 g/mol. The zero-order valence-corrected chi connectivity index (χ0v) is 19.2. The van der Waals surface area contributed by atoms with Crippen LogP contribution in [0.15, 0.2) is 50.4 Å². The lowest BCUT2D eigenvalue weighted by atomic mass is 10.4. The molecule has 1 saturated heterocycles.